The van der Waals surface area contributed by atoms with Crippen LogP contribution in [-0.4, -0.2) is 15.0 Å². The number of rotatable bonds is 4. The van der Waals surface area contributed by atoms with Crippen LogP contribution in [0.2, 0.25) is 0 Å². The lowest BCUT2D eigenvalue weighted by Gasteiger charge is -2.35. The van der Waals surface area contributed by atoms with Crippen LogP contribution in [0, 0.1) is 0 Å². The molecule has 0 saturated carbocycles. The topological polar surface area (TPSA) is 38.7 Å². The van der Waals surface area contributed by atoms with E-state index in [1.165, 1.54) is 83.5 Å². The van der Waals surface area contributed by atoms with Gasteiger partial charge in [-0.05, 0) is 102 Å². The van der Waals surface area contributed by atoms with Crippen LogP contribution in [0.25, 0.3) is 73.1 Å². The molecule has 0 bridgehead atoms. The highest BCUT2D eigenvalue weighted by Crippen LogP contribution is 2.63. The predicted molar refractivity (Wildman–Crippen MR) is 261 cm³/mol. The van der Waals surface area contributed by atoms with Crippen molar-refractivity contribution in [3.05, 3.63) is 251 Å². The Balaban J connectivity index is 1.01. The number of benzene rings is 8. The molecular formula is C61H43N3. The lowest BCUT2D eigenvalue weighted by atomic mass is 9.66. The molecule has 0 radical (unpaired) electrons. The van der Waals surface area contributed by atoms with Gasteiger partial charge >= 0.3 is 0 Å². The van der Waals surface area contributed by atoms with Crippen LogP contribution >= 0.6 is 0 Å². The van der Waals surface area contributed by atoms with Crippen molar-refractivity contribution in [3.8, 4) is 67.5 Å². The molecule has 4 aliphatic rings. The van der Waals surface area contributed by atoms with Crippen molar-refractivity contribution in [2.24, 2.45) is 0 Å². The largest absolute Gasteiger partial charge is 0.208 e. The highest BCUT2D eigenvalue weighted by molar-refractivity contribution is 5.99. The van der Waals surface area contributed by atoms with Gasteiger partial charge < -0.3 is 0 Å². The number of aromatic nitrogens is 3. The second-order valence-electron chi connectivity index (χ2n) is 18.2. The molecular weight excluding hydrogens is 775 g/mol. The SMILES string of the molecule is CC1(C)c2ccc(-c3nc(-c4ccccc4)nc(-c4ccccc4)n3)cc2-c2cc(-c3cccc4c3-c3ccccc3C43c4ccccc4C4=CC=CCC4c4ccccc43)ccc21. The maximum atomic E-state index is 5.12. The van der Waals surface area contributed by atoms with E-state index < -0.39 is 5.41 Å². The summed E-state index contributed by atoms with van der Waals surface area (Å²) in [6.45, 7) is 4.70. The summed E-state index contributed by atoms with van der Waals surface area (Å²) in [7, 11) is 0. The summed E-state index contributed by atoms with van der Waals surface area (Å²) in [5.41, 5.74) is 22.0. The van der Waals surface area contributed by atoms with Gasteiger partial charge in [-0.25, -0.2) is 15.0 Å². The predicted octanol–water partition coefficient (Wildman–Crippen LogP) is 14.6. The minimum absolute atomic E-state index is 0.186. The van der Waals surface area contributed by atoms with E-state index in [0.29, 0.717) is 23.4 Å². The monoisotopic (exact) mass is 817 g/mol. The molecule has 9 aromatic rings. The molecule has 4 aliphatic carbocycles. The zero-order valence-corrected chi connectivity index (χ0v) is 35.8. The molecule has 1 heterocycles. The quantitative estimate of drug-likeness (QED) is 0.178. The van der Waals surface area contributed by atoms with Gasteiger partial charge in [0.25, 0.3) is 0 Å². The molecule has 0 fully saturated rings. The summed E-state index contributed by atoms with van der Waals surface area (Å²) in [4.78, 5) is 15.2. The maximum absolute atomic E-state index is 5.12. The Labute approximate surface area is 374 Å². The van der Waals surface area contributed by atoms with Gasteiger partial charge in [0.05, 0.1) is 5.41 Å². The minimum atomic E-state index is -0.491. The molecule has 8 aromatic carbocycles. The highest BCUT2D eigenvalue weighted by Gasteiger charge is 2.51. The van der Waals surface area contributed by atoms with Gasteiger partial charge in [-0.15, -0.1) is 0 Å². The van der Waals surface area contributed by atoms with Crippen LogP contribution in [0.3, 0.4) is 0 Å². The molecule has 0 N–H and O–H groups in total. The van der Waals surface area contributed by atoms with Gasteiger partial charge in [0.1, 0.15) is 0 Å². The van der Waals surface area contributed by atoms with Gasteiger partial charge in [0.2, 0.25) is 0 Å². The maximum Gasteiger partial charge on any atom is 0.164 e. The van der Waals surface area contributed by atoms with Gasteiger partial charge in [-0.1, -0.05) is 208 Å². The van der Waals surface area contributed by atoms with E-state index in [-0.39, 0.29) is 5.41 Å². The van der Waals surface area contributed by atoms with Crippen molar-refractivity contribution in [2.75, 3.05) is 0 Å². The van der Waals surface area contributed by atoms with Crippen molar-refractivity contribution < 1.29 is 0 Å². The second-order valence-corrected chi connectivity index (χ2v) is 18.2. The number of fused-ring (bicyclic) bond motifs is 15. The van der Waals surface area contributed by atoms with Crippen molar-refractivity contribution in [3.63, 3.8) is 0 Å². The smallest absolute Gasteiger partial charge is 0.164 e. The molecule has 3 heteroatoms. The van der Waals surface area contributed by atoms with Crippen molar-refractivity contribution in [1.82, 2.24) is 15.0 Å². The molecule has 1 spiro atoms. The van der Waals surface area contributed by atoms with Gasteiger partial charge in [0, 0.05) is 28.0 Å². The average molecular weight is 818 g/mol. The van der Waals surface area contributed by atoms with Crippen molar-refractivity contribution >= 4 is 5.57 Å². The first kappa shape index (κ1) is 36.9. The Morgan fingerprint density at radius 3 is 1.61 bits per heavy atom. The molecule has 1 aromatic heterocycles. The molecule has 0 aliphatic heterocycles. The first-order valence-corrected chi connectivity index (χ1v) is 22.5. The lowest BCUT2D eigenvalue weighted by Crippen LogP contribution is -2.30. The Hall–Kier alpha value is -7.75. The number of hydrogen-bond donors (Lipinski definition) is 0. The molecule has 0 saturated heterocycles. The zero-order chi connectivity index (χ0) is 42.6. The summed E-state index contributed by atoms with van der Waals surface area (Å²) in [5, 5.41) is 0. The minimum Gasteiger partial charge on any atom is -0.208 e. The summed E-state index contributed by atoms with van der Waals surface area (Å²) in [6.07, 6.45) is 7.94. The molecule has 2 atom stereocenters. The fourth-order valence-corrected chi connectivity index (χ4v) is 11.7. The number of allylic oxidation sites excluding steroid dienone is 4. The van der Waals surface area contributed by atoms with E-state index in [4.69, 9.17) is 15.0 Å². The molecule has 0 amide bonds. The second kappa shape index (κ2) is 13.9. The van der Waals surface area contributed by atoms with Gasteiger partial charge in [-0.2, -0.15) is 0 Å². The van der Waals surface area contributed by atoms with E-state index in [9.17, 15) is 0 Å². The lowest BCUT2D eigenvalue weighted by molar-refractivity contribution is 0.660. The average Bonchev–Trinajstić information content (AvgIpc) is 3.74. The first-order valence-electron chi connectivity index (χ1n) is 22.5. The summed E-state index contributed by atoms with van der Waals surface area (Å²) >= 11 is 0. The zero-order valence-electron chi connectivity index (χ0n) is 35.8. The van der Waals surface area contributed by atoms with E-state index >= 15 is 0 Å². The van der Waals surface area contributed by atoms with E-state index in [1.54, 1.807) is 0 Å². The van der Waals surface area contributed by atoms with Crippen LogP contribution in [-0.2, 0) is 10.8 Å². The van der Waals surface area contributed by atoms with Crippen LogP contribution in [0.4, 0.5) is 0 Å². The highest BCUT2D eigenvalue weighted by atomic mass is 15.0. The third-order valence-electron chi connectivity index (χ3n) is 14.6. The molecule has 2 unspecified atom stereocenters. The summed E-state index contributed by atoms with van der Waals surface area (Å²) in [5.74, 6) is 2.28. The van der Waals surface area contributed by atoms with Gasteiger partial charge in [0.15, 0.2) is 17.5 Å². The summed E-state index contributed by atoms with van der Waals surface area (Å²) in [6, 6.07) is 69.2. The fourth-order valence-electron chi connectivity index (χ4n) is 11.7. The van der Waals surface area contributed by atoms with Crippen LogP contribution in [0.1, 0.15) is 70.7 Å². The van der Waals surface area contributed by atoms with Crippen LogP contribution < -0.4 is 0 Å². The van der Waals surface area contributed by atoms with Gasteiger partial charge in [-0.3, -0.25) is 0 Å². The van der Waals surface area contributed by atoms with Crippen molar-refractivity contribution in [2.45, 2.75) is 37.0 Å². The Morgan fingerprint density at radius 1 is 0.406 bits per heavy atom. The van der Waals surface area contributed by atoms with E-state index in [2.05, 4.69) is 184 Å². The number of nitrogens with zero attached hydrogens (tertiary/aromatic N) is 3. The standard InChI is InChI=1S/C61H43N3/c1-60(2)50-34-32-40(36-48(50)49-37-41(33-35-51(49)60)59-63-57(38-18-5-3-6-19-38)62-58(64-59)39-20-7-4-8-21-39)42-27-17-31-55-56(42)47-26-13-16-30-54(47)61(55)52-28-14-11-24-45(52)43-22-9-10-23-44(43)46-25-12-15-29-53(46)61/h3-22,24-37,44H,23H2,1-2H3. The first-order chi connectivity index (χ1) is 31.5. The van der Waals surface area contributed by atoms with Crippen LogP contribution in [0.5, 0.6) is 0 Å². The molecule has 64 heavy (non-hydrogen) atoms. The van der Waals surface area contributed by atoms with E-state index in [1.807, 2.05) is 36.4 Å². The Kier molecular flexibility index (Phi) is 7.99. The molecule has 3 nitrogen and oxygen atoms in total. The Bertz CT molecular complexity index is 3390. The molecule has 13 rings (SSSR count). The third kappa shape index (κ3) is 5.18. The van der Waals surface area contributed by atoms with Crippen LogP contribution in [0.15, 0.2) is 206 Å². The summed E-state index contributed by atoms with van der Waals surface area (Å²) < 4.78 is 0. The fraction of sp³-hybridized carbons (Fsp3) is 0.0984. The number of hydrogen-bond acceptors (Lipinski definition) is 3. The molecule has 302 valence electrons. The third-order valence-corrected chi connectivity index (χ3v) is 14.6. The Morgan fingerprint density at radius 2 is 0.922 bits per heavy atom. The van der Waals surface area contributed by atoms with E-state index in [0.717, 1.165) is 23.1 Å². The van der Waals surface area contributed by atoms with Crippen molar-refractivity contribution in [1.29, 1.82) is 0 Å². The normalized spacial score (nSPS) is 17.8.